The minimum absolute atomic E-state index is 0.323. The van der Waals surface area contributed by atoms with E-state index in [4.69, 9.17) is 17.0 Å². The van der Waals surface area contributed by atoms with Gasteiger partial charge in [-0.1, -0.05) is 12.2 Å². The summed E-state index contributed by atoms with van der Waals surface area (Å²) in [7, 11) is 0. The van der Waals surface area contributed by atoms with Crippen molar-refractivity contribution in [2.75, 3.05) is 6.61 Å². The summed E-state index contributed by atoms with van der Waals surface area (Å²) in [4.78, 5) is 7.31. The van der Waals surface area contributed by atoms with E-state index in [9.17, 15) is 0 Å². The first-order valence-corrected chi connectivity index (χ1v) is 5.41. The van der Waals surface area contributed by atoms with E-state index in [1.165, 1.54) is 12.8 Å². The van der Waals surface area contributed by atoms with Gasteiger partial charge in [-0.25, -0.2) is 4.98 Å². The van der Waals surface area contributed by atoms with Crippen LogP contribution >= 0.6 is 12.2 Å². The Morgan fingerprint density at radius 1 is 1.57 bits per heavy atom. The van der Waals surface area contributed by atoms with Gasteiger partial charge in [0.25, 0.3) is 0 Å². The Morgan fingerprint density at radius 2 is 2.50 bits per heavy atom. The fraction of sp³-hybridized carbons (Fsp3) is 0.600. The zero-order valence-electron chi connectivity index (χ0n) is 8.03. The molecule has 1 atom stereocenters. The van der Waals surface area contributed by atoms with Crippen LogP contribution in [-0.4, -0.2) is 22.7 Å². The Balaban J connectivity index is 1.99. The molecule has 0 bridgehead atoms. The molecule has 4 heteroatoms. The van der Waals surface area contributed by atoms with Crippen LogP contribution in [0.25, 0.3) is 0 Å². The van der Waals surface area contributed by atoms with E-state index in [0.717, 1.165) is 29.9 Å². The number of nitrogens with zero attached hydrogens (tertiary/aromatic N) is 1. The Hall–Kier alpha value is -0.740. The largest absolute Gasteiger partial charge is 0.378 e. The molecule has 0 saturated carbocycles. The van der Waals surface area contributed by atoms with Gasteiger partial charge in [0.1, 0.15) is 10.5 Å². The molecule has 0 aromatic carbocycles. The Bertz CT molecular complexity index is 344. The van der Waals surface area contributed by atoms with Crippen molar-refractivity contribution in [2.24, 2.45) is 0 Å². The molecular weight excluding hydrogens is 196 g/mol. The van der Waals surface area contributed by atoms with Gasteiger partial charge in [-0.15, -0.1) is 0 Å². The molecule has 1 unspecified atom stereocenters. The number of aromatic amines is 1. The first-order chi connectivity index (χ1) is 6.84. The Kier molecular flexibility index (Phi) is 3.26. The molecule has 1 saturated heterocycles. The number of nitrogens with one attached hydrogen (secondary N) is 1. The van der Waals surface area contributed by atoms with E-state index >= 15 is 0 Å². The highest BCUT2D eigenvalue weighted by molar-refractivity contribution is 7.71. The smallest absolute Gasteiger partial charge is 0.109 e. The highest BCUT2D eigenvalue weighted by Gasteiger charge is 2.14. The fourth-order valence-electron chi connectivity index (χ4n) is 1.70. The molecule has 0 aliphatic carbocycles. The molecule has 1 N–H and O–H groups in total. The van der Waals surface area contributed by atoms with Crippen LogP contribution in [0, 0.1) is 4.64 Å². The molecule has 14 heavy (non-hydrogen) atoms. The quantitative estimate of drug-likeness (QED) is 0.761. The maximum Gasteiger partial charge on any atom is 0.109 e. The predicted molar refractivity (Wildman–Crippen MR) is 56.7 cm³/mol. The van der Waals surface area contributed by atoms with Crippen molar-refractivity contribution in [3.8, 4) is 0 Å². The van der Waals surface area contributed by atoms with Gasteiger partial charge in [0, 0.05) is 19.2 Å². The molecule has 0 amide bonds. The zero-order valence-corrected chi connectivity index (χ0v) is 8.85. The summed E-state index contributed by atoms with van der Waals surface area (Å²) >= 11 is 5.03. The highest BCUT2D eigenvalue weighted by Crippen LogP contribution is 2.15. The predicted octanol–water partition coefficient (Wildman–Crippen LogP) is 2.25. The van der Waals surface area contributed by atoms with E-state index in [0.29, 0.717) is 6.10 Å². The third kappa shape index (κ3) is 2.62. The van der Waals surface area contributed by atoms with Gasteiger partial charge in [0.2, 0.25) is 0 Å². The van der Waals surface area contributed by atoms with Crippen LogP contribution in [0.4, 0.5) is 0 Å². The van der Waals surface area contributed by atoms with Crippen molar-refractivity contribution in [3.63, 3.8) is 0 Å². The maximum atomic E-state index is 5.63. The summed E-state index contributed by atoms with van der Waals surface area (Å²) in [6.07, 6.45) is 6.51. The van der Waals surface area contributed by atoms with E-state index < -0.39 is 0 Å². The second-order valence-electron chi connectivity index (χ2n) is 3.57. The van der Waals surface area contributed by atoms with Crippen LogP contribution in [0.1, 0.15) is 25.1 Å². The van der Waals surface area contributed by atoms with Crippen molar-refractivity contribution in [3.05, 3.63) is 22.7 Å². The van der Waals surface area contributed by atoms with Gasteiger partial charge in [-0.2, -0.15) is 0 Å². The van der Waals surface area contributed by atoms with Crippen LogP contribution in [0.3, 0.4) is 0 Å². The van der Waals surface area contributed by atoms with Gasteiger partial charge in [-0.3, -0.25) is 0 Å². The number of aromatic nitrogens is 2. The fourth-order valence-corrected chi connectivity index (χ4v) is 1.88. The normalized spacial score (nSPS) is 22.1. The molecular formula is C10H14N2OS. The molecule has 1 aromatic heterocycles. The molecule has 0 radical (unpaired) electrons. The third-order valence-electron chi connectivity index (χ3n) is 2.42. The van der Waals surface area contributed by atoms with Gasteiger partial charge in [0.05, 0.1) is 6.10 Å². The standard InChI is InChI=1S/C10H14N2OS/c14-10-4-5-11-9(12-10)7-8-3-1-2-6-13-8/h4-5,8H,1-3,6-7H2,(H,11,12,14). The first-order valence-electron chi connectivity index (χ1n) is 5.00. The molecule has 1 aromatic rings. The summed E-state index contributed by atoms with van der Waals surface area (Å²) in [5, 5.41) is 0. The van der Waals surface area contributed by atoms with E-state index in [-0.39, 0.29) is 0 Å². The molecule has 0 spiro atoms. The van der Waals surface area contributed by atoms with Crippen molar-refractivity contribution < 1.29 is 4.74 Å². The van der Waals surface area contributed by atoms with Gasteiger partial charge >= 0.3 is 0 Å². The lowest BCUT2D eigenvalue weighted by atomic mass is 10.1. The zero-order chi connectivity index (χ0) is 9.80. The SMILES string of the molecule is S=c1ccnc(CC2CCCCO2)[nH]1. The van der Waals surface area contributed by atoms with Crippen LogP contribution < -0.4 is 0 Å². The summed E-state index contributed by atoms with van der Waals surface area (Å²) in [5.41, 5.74) is 0. The van der Waals surface area contributed by atoms with Gasteiger partial charge in [-0.05, 0) is 25.3 Å². The van der Waals surface area contributed by atoms with Crippen LogP contribution in [0.15, 0.2) is 12.3 Å². The summed E-state index contributed by atoms with van der Waals surface area (Å²) in [6.45, 7) is 0.887. The van der Waals surface area contributed by atoms with E-state index in [1.54, 1.807) is 12.3 Å². The summed E-state index contributed by atoms with van der Waals surface area (Å²) in [5.74, 6) is 0.935. The minimum Gasteiger partial charge on any atom is -0.378 e. The van der Waals surface area contributed by atoms with Gasteiger partial charge < -0.3 is 9.72 Å². The lowest BCUT2D eigenvalue weighted by Crippen LogP contribution is -2.22. The lowest BCUT2D eigenvalue weighted by Gasteiger charge is -2.21. The molecule has 1 aliphatic heterocycles. The number of rotatable bonds is 2. The van der Waals surface area contributed by atoms with Gasteiger partial charge in [0.15, 0.2) is 0 Å². The second kappa shape index (κ2) is 4.66. The number of ether oxygens (including phenoxy) is 1. The minimum atomic E-state index is 0.323. The van der Waals surface area contributed by atoms with Crippen LogP contribution in [0.5, 0.6) is 0 Å². The monoisotopic (exact) mass is 210 g/mol. The molecule has 2 heterocycles. The number of H-pyrrole nitrogens is 1. The summed E-state index contributed by atoms with van der Waals surface area (Å²) in [6, 6.07) is 1.79. The molecule has 2 rings (SSSR count). The lowest BCUT2D eigenvalue weighted by molar-refractivity contribution is 0.0156. The first kappa shape index (κ1) is 9.80. The average Bonchev–Trinajstić information content (AvgIpc) is 2.19. The molecule has 76 valence electrons. The number of hydrogen-bond acceptors (Lipinski definition) is 3. The Morgan fingerprint density at radius 3 is 3.21 bits per heavy atom. The maximum absolute atomic E-state index is 5.63. The van der Waals surface area contributed by atoms with Crippen molar-refractivity contribution in [2.45, 2.75) is 31.8 Å². The molecule has 1 aliphatic rings. The van der Waals surface area contributed by atoms with Crippen LogP contribution in [-0.2, 0) is 11.2 Å². The van der Waals surface area contributed by atoms with Crippen molar-refractivity contribution in [1.82, 2.24) is 9.97 Å². The second-order valence-corrected chi connectivity index (χ2v) is 4.01. The molecule has 3 nitrogen and oxygen atoms in total. The molecule has 1 fully saturated rings. The van der Waals surface area contributed by atoms with Crippen LogP contribution in [0.2, 0.25) is 0 Å². The summed E-state index contributed by atoms with van der Waals surface area (Å²) < 4.78 is 6.37. The van der Waals surface area contributed by atoms with E-state index in [1.807, 2.05) is 0 Å². The highest BCUT2D eigenvalue weighted by atomic mass is 32.1. The van der Waals surface area contributed by atoms with E-state index in [2.05, 4.69) is 9.97 Å². The topological polar surface area (TPSA) is 37.9 Å². The number of hydrogen-bond donors (Lipinski definition) is 1. The van der Waals surface area contributed by atoms with Crippen molar-refractivity contribution >= 4 is 12.2 Å². The average molecular weight is 210 g/mol. The third-order valence-corrected chi connectivity index (χ3v) is 2.66. The van der Waals surface area contributed by atoms with Crippen molar-refractivity contribution in [1.29, 1.82) is 0 Å². The Labute approximate surface area is 88.5 Å².